The molecule has 0 saturated heterocycles. The average molecular weight is 201 g/mol. The first-order chi connectivity index (χ1) is 2.00. The van der Waals surface area contributed by atoms with Gasteiger partial charge in [-0.15, -0.1) is 0 Å². The van der Waals surface area contributed by atoms with Gasteiger partial charge >= 0.3 is 49.6 Å². The average Bonchev–Trinajstić information content (AvgIpc) is 0.722. The van der Waals surface area contributed by atoms with Crippen LogP contribution in [0.25, 0.3) is 0 Å². The van der Waals surface area contributed by atoms with Crippen molar-refractivity contribution in [2.24, 2.45) is 0 Å². The third-order valence-electron chi connectivity index (χ3n) is 0. The number of hydrogen-bond acceptors (Lipinski definition) is 0. The minimum atomic E-state index is -2.36. The summed E-state index contributed by atoms with van der Waals surface area (Å²) >= 11 is 0. The summed E-state index contributed by atoms with van der Waals surface area (Å²) in [5.41, 5.74) is 0. The molecular formula is Cl4Ni-. The van der Waals surface area contributed by atoms with Crippen LogP contribution in [0.15, 0.2) is 0 Å². The van der Waals surface area contributed by atoms with Crippen molar-refractivity contribution < 1.29 is 8.82 Å². The van der Waals surface area contributed by atoms with Gasteiger partial charge in [0.15, 0.2) is 0 Å². The van der Waals surface area contributed by atoms with Crippen LogP contribution in [-0.2, 0) is 8.82 Å². The number of rotatable bonds is 0. The van der Waals surface area contributed by atoms with Crippen LogP contribution in [0, 0.1) is 0 Å². The van der Waals surface area contributed by atoms with E-state index < -0.39 is 8.82 Å². The van der Waals surface area contributed by atoms with Crippen LogP contribution < -0.4 is 0 Å². The van der Waals surface area contributed by atoms with E-state index in [4.69, 9.17) is 40.8 Å². The summed E-state index contributed by atoms with van der Waals surface area (Å²) < 4.78 is 0. The van der Waals surface area contributed by atoms with Crippen LogP contribution in [0.1, 0.15) is 0 Å². The molecule has 0 unspecified atom stereocenters. The van der Waals surface area contributed by atoms with E-state index in [0.29, 0.717) is 0 Å². The minimum absolute atomic E-state index is 2.36. The zero-order chi connectivity index (χ0) is 4.50. The second-order valence-electron chi connectivity index (χ2n) is 0.271. The van der Waals surface area contributed by atoms with Crippen LogP contribution in [0.5, 0.6) is 0 Å². The van der Waals surface area contributed by atoms with Crippen LogP contribution in [0.4, 0.5) is 0 Å². The fourth-order valence-corrected chi connectivity index (χ4v) is 0. The summed E-state index contributed by atoms with van der Waals surface area (Å²) in [7, 11) is 17.3. The van der Waals surface area contributed by atoms with E-state index in [1.807, 2.05) is 0 Å². The van der Waals surface area contributed by atoms with Gasteiger partial charge in [-0.05, 0) is 0 Å². The normalized spacial score (nSPS) is 15.2. The van der Waals surface area contributed by atoms with Crippen LogP contribution in [-0.4, -0.2) is 0 Å². The Morgan fingerprint density at radius 2 is 0.800 bits per heavy atom. The molecule has 0 aliphatic carbocycles. The van der Waals surface area contributed by atoms with Gasteiger partial charge in [-0.25, -0.2) is 0 Å². The Kier molecular flexibility index (Phi) is 2.78. The van der Waals surface area contributed by atoms with E-state index in [-0.39, 0.29) is 0 Å². The zero-order valence-electron chi connectivity index (χ0n) is 1.83. The Morgan fingerprint density at radius 1 is 0.800 bits per heavy atom. The molecule has 0 spiro atoms. The van der Waals surface area contributed by atoms with Gasteiger partial charge in [0.05, 0.1) is 0 Å². The fraction of sp³-hybridized carbons (Fsp3) is 0. The molecule has 39 valence electrons. The predicted octanol–water partition coefficient (Wildman–Crippen LogP) is 2.76. The second-order valence-corrected chi connectivity index (χ2v) is 10.1. The molecule has 0 fully saturated rings. The van der Waals surface area contributed by atoms with E-state index in [9.17, 15) is 0 Å². The molecule has 0 aromatic rings. The fourth-order valence-electron chi connectivity index (χ4n) is 0. The van der Waals surface area contributed by atoms with Crippen molar-refractivity contribution in [3.63, 3.8) is 0 Å². The van der Waals surface area contributed by atoms with Gasteiger partial charge in [0.25, 0.3) is 0 Å². The molecular weight excluding hydrogens is 201 g/mol. The van der Waals surface area contributed by atoms with Gasteiger partial charge in [-0.1, -0.05) is 0 Å². The van der Waals surface area contributed by atoms with Crippen molar-refractivity contribution in [3.05, 3.63) is 0 Å². The topological polar surface area (TPSA) is 0 Å². The summed E-state index contributed by atoms with van der Waals surface area (Å²) in [5, 5.41) is 0. The first-order valence-corrected chi connectivity index (χ1v) is 5.91. The van der Waals surface area contributed by atoms with E-state index in [1.54, 1.807) is 0 Å². The molecule has 0 amide bonds. The Balaban J connectivity index is 3.02. The van der Waals surface area contributed by atoms with Gasteiger partial charge in [-0.2, -0.15) is 0 Å². The molecule has 0 atom stereocenters. The second kappa shape index (κ2) is 2.09. The van der Waals surface area contributed by atoms with Gasteiger partial charge in [0.1, 0.15) is 0 Å². The number of halogens is 4. The summed E-state index contributed by atoms with van der Waals surface area (Å²) in [5.74, 6) is 0. The third kappa shape index (κ3) is 27.6. The molecule has 0 radical (unpaired) electrons. The van der Waals surface area contributed by atoms with Gasteiger partial charge in [0.2, 0.25) is 0 Å². The standard InChI is InChI=1S/4ClH.Ni/h4*1H;/q;;;;+3/p-4. The Hall–Kier alpha value is 1.65. The monoisotopic (exact) mass is 198 g/mol. The SMILES string of the molecule is [Cl][Ni-]([Cl])([Cl])[Cl]. The molecule has 0 bridgehead atoms. The summed E-state index contributed by atoms with van der Waals surface area (Å²) in [6.07, 6.45) is 0. The molecule has 0 rings (SSSR count). The molecule has 0 aliphatic heterocycles. The Morgan fingerprint density at radius 3 is 0.800 bits per heavy atom. The first-order valence-electron chi connectivity index (χ1n) is 0.478. The molecule has 0 saturated carbocycles. The van der Waals surface area contributed by atoms with Gasteiger partial charge in [-0.3, -0.25) is 0 Å². The predicted molar refractivity (Wildman–Crippen MR) is 23.4 cm³/mol. The maximum atomic E-state index is 4.92. The van der Waals surface area contributed by atoms with Crippen LogP contribution in [0.2, 0.25) is 0 Å². The molecule has 0 heterocycles. The number of hydrogen-bond donors (Lipinski definition) is 0. The molecule has 0 aromatic carbocycles. The zero-order valence-corrected chi connectivity index (χ0v) is 5.84. The molecule has 0 nitrogen and oxygen atoms in total. The van der Waals surface area contributed by atoms with Crippen LogP contribution in [0.3, 0.4) is 0 Å². The Labute approximate surface area is 49.5 Å². The van der Waals surface area contributed by atoms with Crippen molar-refractivity contribution in [2.75, 3.05) is 0 Å². The van der Waals surface area contributed by atoms with Crippen molar-refractivity contribution in [3.8, 4) is 0 Å². The van der Waals surface area contributed by atoms with Crippen molar-refractivity contribution in [1.82, 2.24) is 0 Å². The molecule has 0 aliphatic rings. The molecule has 5 heavy (non-hydrogen) atoms. The van der Waals surface area contributed by atoms with Crippen LogP contribution >= 0.6 is 40.8 Å². The van der Waals surface area contributed by atoms with Crippen molar-refractivity contribution in [1.29, 1.82) is 0 Å². The first kappa shape index (κ1) is 6.65. The van der Waals surface area contributed by atoms with Gasteiger partial charge in [0, 0.05) is 0 Å². The molecule has 0 aromatic heterocycles. The van der Waals surface area contributed by atoms with Crippen molar-refractivity contribution >= 4 is 40.8 Å². The molecule has 0 N–H and O–H groups in total. The Bertz CT molecular complexity index is 19.1. The van der Waals surface area contributed by atoms with E-state index in [1.165, 1.54) is 0 Å². The van der Waals surface area contributed by atoms with E-state index in [0.717, 1.165) is 0 Å². The van der Waals surface area contributed by atoms with Crippen molar-refractivity contribution in [2.45, 2.75) is 0 Å². The van der Waals surface area contributed by atoms with E-state index in [2.05, 4.69) is 0 Å². The quantitative estimate of drug-likeness (QED) is 0.528. The summed E-state index contributed by atoms with van der Waals surface area (Å²) in [6, 6.07) is 0. The molecule has 5 heteroatoms. The van der Waals surface area contributed by atoms with Gasteiger partial charge < -0.3 is 0 Å². The van der Waals surface area contributed by atoms with E-state index >= 15 is 0 Å². The summed E-state index contributed by atoms with van der Waals surface area (Å²) in [4.78, 5) is 0. The maximum absolute atomic E-state index is 4.92. The summed E-state index contributed by atoms with van der Waals surface area (Å²) in [6.45, 7) is 0. The third-order valence-corrected chi connectivity index (χ3v) is 0.